The summed E-state index contributed by atoms with van der Waals surface area (Å²) in [6, 6.07) is 5.70. The number of ether oxygens (including phenoxy) is 1. The molecule has 138 valence electrons. The van der Waals surface area contributed by atoms with Crippen molar-refractivity contribution < 1.29 is 14.3 Å². The minimum atomic E-state index is -0.277. The van der Waals surface area contributed by atoms with Gasteiger partial charge in [-0.25, -0.2) is 0 Å². The zero-order chi connectivity index (χ0) is 18.4. The largest absolute Gasteiger partial charge is 0.466 e. The van der Waals surface area contributed by atoms with Gasteiger partial charge in [-0.1, -0.05) is 25.1 Å². The Morgan fingerprint density at radius 3 is 2.56 bits per heavy atom. The third-order valence-corrected chi connectivity index (χ3v) is 5.09. The molecule has 0 aromatic heterocycles. The number of para-hydroxylation sites is 1. The van der Waals surface area contributed by atoms with Crippen LogP contribution in [0.4, 0.5) is 5.69 Å². The van der Waals surface area contributed by atoms with Crippen LogP contribution in [0.3, 0.4) is 0 Å². The van der Waals surface area contributed by atoms with E-state index in [0.717, 1.165) is 36.2 Å². The molecule has 5 heteroatoms. The molecule has 0 radical (unpaired) electrons. The lowest BCUT2D eigenvalue weighted by Crippen LogP contribution is -2.48. The van der Waals surface area contributed by atoms with E-state index in [1.54, 1.807) is 0 Å². The molecule has 5 nitrogen and oxygen atoms in total. The molecule has 1 amide bonds. The monoisotopic (exact) mass is 346 g/mol. The van der Waals surface area contributed by atoms with Gasteiger partial charge in [-0.15, -0.1) is 0 Å². The maximum atomic E-state index is 12.7. The summed E-state index contributed by atoms with van der Waals surface area (Å²) in [5, 5.41) is 6.36. The number of amides is 1. The highest BCUT2D eigenvalue weighted by atomic mass is 16.5. The molecule has 1 heterocycles. The minimum absolute atomic E-state index is 0.0270. The lowest BCUT2D eigenvalue weighted by atomic mass is 9.80. The van der Waals surface area contributed by atoms with Crippen molar-refractivity contribution in [3.05, 3.63) is 29.3 Å². The average molecular weight is 346 g/mol. The first kappa shape index (κ1) is 19.4. The summed E-state index contributed by atoms with van der Waals surface area (Å²) in [7, 11) is 0. The van der Waals surface area contributed by atoms with Crippen molar-refractivity contribution in [2.24, 2.45) is 11.8 Å². The molecule has 1 aliphatic heterocycles. The van der Waals surface area contributed by atoms with Gasteiger partial charge in [0.2, 0.25) is 5.91 Å². The molecule has 0 bridgehead atoms. The van der Waals surface area contributed by atoms with Crippen molar-refractivity contribution in [3.8, 4) is 0 Å². The van der Waals surface area contributed by atoms with Gasteiger partial charge in [-0.3, -0.25) is 9.59 Å². The number of esters is 1. The second kappa shape index (κ2) is 8.99. The number of carbonyl (C=O) groups is 2. The number of piperidine rings is 1. The summed E-state index contributed by atoms with van der Waals surface area (Å²) in [5.41, 5.74) is 2.99. The number of anilines is 1. The van der Waals surface area contributed by atoms with Gasteiger partial charge in [0.05, 0.1) is 18.6 Å². The molecule has 0 aliphatic carbocycles. The van der Waals surface area contributed by atoms with E-state index in [4.69, 9.17) is 4.74 Å². The quantitative estimate of drug-likeness (QED) is 0.776. The van der Waals surface area contributed by atoms with Gasteiger partial charge in [0.25, 0.3) is 0 Å². The maximum Gasteiger partial charge on any atom is 0.309 e. The lowest BCUT2D eigenvalue weighted by molar-refractivity contribution is -0.151. The maximum absolute atomic E-state index is 12.7. The fourth-order valence-corrected chi connectivity index (χ4v) is 3.68. The van der Waals surface area contributed by atoms with Gasteiger partial charge in [-0.2, -0.15) is 0 Å². The minimum Gasteiger partial charge on any atom is -0.466 e. The first-order valence-electron chi connectivity index (χ1n) is 9.25. The first-order valence-corrected chi connectivity index (χ1v) is 9.25. The molecule has 1 aromatic rings. The van der Waals surface area contributed by atoms with Crippen LogP contribution in [0.2, 0.25) is 0 Å². The smallest absolute Gasteiger partial charge is 0.309 e. The van der Waals surface area contributed by atoms with Crippen molar-refractivity contribution in [1.82, 2.24) is 5.32 Å². The molecular formula is C20H30N2O3. The Morgan fingerprint density at radius 2 is 1.96 bits per heavy atom. The Balaban J connectivity index is 2.04. The second-order valence-corrected chi connectivity index (χ2v) is 6.81. The fourth-order valence-electron chi connectivity index (χ4n) is 3.68. The number of carbonyl (C=O) groups excluding carboxylic acids is 2. The van der Waals surface area contributed by atoms with E-state index in [0.29, 0.717) is 13.0 Å². The Labute approximate surface area is 150 Å². The molecule has 2 rings (SSSR count). The highest BCUT2D eigenvalue weighted by Gasteiger charge is 2.35. The van der Waals surface area contributed by atoms with Crippen LogP contribution in [0.25, 0.3) is 0 Å². The molecule has 2 unspecified atom stereocenters. The summed E-state index contributed by atoms with van der Waals surface area (Å²) >= 11 is 0. The highest BCUT2D eigenvalue weighted by molar-refractivity contribution is 5.96. The van der Waals surface area contributed by atoms with Crippen LogP contribution in [-0.2, 0) is 14.3 Å². The zero-order valence-electron chi connectivity index (χ0n) is 15.7. The summed E-state index contributed by atoms with van der Waals surface area (Å²) in [4.78, 5) is 24.9. The van der Waals surface area contributed by atoms with Gasteiger partial charge >= 0.3 is 5.97 Å². The highest BCUT2D eigenvalue weighted by Crippen LogP contribution is 2.29. The number of benzene rings is 1. The fraction of sp³-hybridized carbons (Fsp3) is 0.600. The molecule has 1 aliphatic rings. The van der Waals surface area contributed by atoms with Crippen molar-refractivity contribution in [3.63, 3.8) is 0 Å². The molecule has 25 heavy (non-hydrogen) atoms. The molecule has 3 atom stereocenters. The van der Waals surface area contributed by atoms with Crippen LogP contribution in [0, 0.1) is 25.7 Å². The summed E-state index contributed by atoms with van der Waals surface area (Å²) in [6.07, 6.45) is 2.30. The van der Waals surface area contributed by atoms with Gasteiger partial charge in [-0.05, 0) is 63.6 Å². The average Bonchev–Trinajstić information content (AvgIpc) is 2.59. The predicted octanol–water partition coefficient (Wildman–Crippen LogP) is 3.20. The number of hydrogen-bond acceptors (Lipinski definition) is 4. The van der Waals surface area contributed by atoms with Crippen LogP contribution < -0.4 is 10.6 Å². The van der Waals surface area contributed by atoms with E-state index in [2.05, 4.69) is 10.6 Å². The zero-order valence-corrected chi connectivity index (χ0v) is 15.7. The van der Waals surface area contributed by atoms with E-state index in [1.165, 1.54) is 0 Å². The Morgan fingerprint density at radius 1 is 1.28 bits per heavy atom. The molecule has 0 spiro atoms. The van der Waals surface area contributed by atoms with Crippen molar-refractivity contribution in [2.75, 3.05) is 18.5 Å². The molecule has 1 fully saturated rings. The Kier molecular flexibility index (Phi) is 7.00. The third kappa shape index (κ3) is 4.82. The number of hydrogen-bond donors (Lipinski definition) is 2. The summed E-state index contributed by atoms with van der Waals surface area (Å²) in [5.74, 6) is -0.108. The normalized spacial score (nSPS) is 21.4. The second-order valence-electron chi connectivity index (χ2n) is 6.81. The van der Waals surface area contributed by atoms with Crippen LogP contribution in [0.5, 0.6) is 0 Å². The van der Waals surface area contributed by atoms with E-state index in [9.17, 15) is 9.59 Å². The van der Waals surface area contributed by atoms with Crippen molar-refractivity contribution in [2.45, 2.75) is 53.0 Å². The molecular weight excluding hydrogens is 316 g/mol. The predicted molar refractivity (Wildman–Crippen MR) is 99.5 cm³/mol. The lowest BCUT2D eigenvalue weighted by Gasteiger charge is -2.33. The first-order chi connectivity index (χ1) is 12.0. The Bertz CT molecular complexity index is 595. The molecule has 2 N–H and O–H groups in total. The van der Waals surface area contributed by atoms with E-state index < -0.39 is 0 Å². The van der Waals surface area contributed by atoms with Crippen molar-refractivity contribution in [1.29, 1.82) is 0 Å². The SMILES string of the molecule is CCOC(=O)C(CC)C1CCN[C@H](C(=O)Nc2c(C)cccc2C)C1. The molecule has 1 aromatic carbocycles. The van der Waals surface area contributed by atoms with Gasteiger partial charge in [0.1, 0.15) is 0 Å². The standard InChI is InChI=1S/C20H30N2O3/c1-5-16(20(24)25-6-2)15-10-11-21-17(12-15)19(23)22-18-13(3)8-7-9-14(18)4/h7-9,15-17,21H,5-6,10-12H2,1-4H3,(H,22,23)/t15?,16?,17-/m0/s1. The number of nitrogens with one attached hydrogen (secondary N) is 2. The van der Waals surface area contributed by atoms with E-state index in [1.807, 2.05) is 45.9 Å². The summed E-state index contributed by atoms with van der Waals surface area (Å²) in [6.45, 7) is 8.96. The van der Waals surface area contributed by atoms with Gasteiger partial charge < -0.3 is 15.4 Å². The van der Waals surface area contributed by atoms with E-state index >= 15 is 0 Å². The van der Waals surface area contributed by atoms with Crippen LogP contribution in [-0.4, -0.2) is 31.1 Å². The van der Waals surface area contributed by atoms with Crippen LogP contribution in [0.1, 0.15) is 44.2 Å². The molecule has 0 saturated carbocycles. The number of rotatable bonds is 6. The van der Waals surface area contributed by atoms with Gasteiger partial charge in [0, 0.05) is 5.69 Å². The third-order valence-electron chi connectivity index (χ3n) is 5.09. The van der Waals surface area contributed by atoms with Crippen LogP contribution in [0.15, 0.2) is 18.2 Å². The molecule has 1 saturated heterocycles. The van der Waals surface area contributed by atoms with Gasteiger partial charge in [0.15, 0.2) is 0 Å². The van der Waals surface area contributed by atoms with Crippen molar-refractivity contribution >= 4 is 17.6 Å². The topological polar surface area (TPSA) is 67.4 Å². The summed E-state index contributed by atoms with van der Waals surface area (Å²) < 4.78 is 5.21. The number of aryl methyl sites for hydroxylation is 2. The van der Waals surface area contributed by atoms with Crippen LogP contribution >= 0.6 is 0 Å². The Hall–Kier alpha value is -1.88. The van der Waals surface area contributed by atoms with E-state index in [-0.39, 0.29) is 29.8 Å².